The Morgan fingerprint density at radius 1 is 1.12 bits per heavy atom. The summed E-state index contributed by atoms with van der Waals surface area (Å²) >= 11 is 0. The minimum atomic E-state index is -0.0758. The number of amides is 2. The molecule has 1 N–H and O–H groups in total. The highest BCUT2D eigenvalue weighted by Crippen LogP contribution is 2.35. The molecule has 5 rings (SSSR count). The summed E-state index contributed by atoms with van der Waals surface area (Å²) in [7, 11) is 0. The summed E-state index contributed by atoms with van der Waals surface area (Å²) in [6.07, 6.45) is 7.36. The Bertz CT molecular complexity index is 862. The summed E-state index contributed by atoms with van der Waals surface area (Å²) in [5, 5.41) is 2.93. The lowest BCUT2D eigenvalue weighted by Crippen LogP contribution is -2.39. The van der Waals surface area contributed by atoms with Crippen molar-refractivity contribution in [2.24, 2.45) is 5.92 Å². The van der Waals surface area contributed by atoms with Gasteiger partial charge in [-0.2, -0.15) is 0 Å². The van der Waals surface area contributed by atoms with Gasteiger partial charge in [-0.3, -0.25) is 14.6 Å². The topological polar surface area (TPSA) is 80.1 Å². The van der Waals surface area contributed by atoms with Crippen LogP contribution in [0.25, 0.3) is 11.0 Å². The first-order chi connectivity index (χ1) is 12.2. The first-order valence-corrected chi connectivity index (χ1v) is 9.13. The first-order valence-electron chi connectivity index (χ1n) is 9.13. The van der Waals surface area contributed by atoms with Crippen molar-refractivity contribution in [2.45, 2.75) is 38.1 Å². The molecule has 0 bridgehead atoms. The third-order valence-corrected chi connectivity index (χ3v) is 5.64. The van der Waals surface area contributed by atoms with Gasteiger partial charge in [-0.05, 0) is 25.7 Å². The fraction of sp³-hybridized carbons (Fsp3) is 0.556. The molecule has 1 aliphatic carbocycles. The van der Waals surface area contributed by atoms with Gasteiger partial charge in [0.2, 0.25) is 5.91 Å². The second-order valence-corrected chi connectivity index (χ2v) is 7.31. The number of piperidine rings is 1. The summed E-state index contributed by atoms with van der Waals surface area (Å²) in [6, 6.07) is 0. The minimum absolute atomic E-state index is 0.0758. The van der Waals surface area contributed by atoms with Crippen molar-refractivity contribution in [1.82, 2.24) is 24.8 Å². The predicted octanol–water partition coefficient (Wildman–Crippen LogP) is 1.29. The van der Waals surface area contributed by atoms with E-state index in [2.05, 4.69) is 14.9 Å². The highest BCUT2D eigenvalue weighted by atomic mass is 16.2. The molecule has 0 atom stereocenters. The Hall–Kier alpha value is -2.44. The molecular weight excluding hydrogens is 318 g/mol. The Balaban J connectivity index is 1.45. The summed E-state index contributed by atoms with van der Waals surface area (Å²) in [5.41, 5.74) is 2.30. The lowest BCUT2D eigenvalue weighted by Gasteiger charge is -2.32. The second kappa shape index (κ2) is 5.54. The average molecular weight is 339 g/mol. The smallest absolute Gasteiger partial charge is 0.255 e. The Morgan fingerprint density at radius 2 is 1.92 bits per heavy atom. The van der Waals surface area contributed by atoms with E-state index in [1.165, 1.54) is 0 Å². The van der Waals surface area contributed by atoms with Crippen LogP contribution in [-0.2, 0) is 11.3 Å². The number of likely N-dealkylation sites (tertiary alicyclic amines) is 1. The number of aromatic nitrogens is 3. The highest BCUT2D eigenvalue weighted by Gasteiger charge is 2.36. The SMILES string of the molecule is O=C1NCCn2c(C3CCN(C(=O)C4CC4)CC3)nc3cncc1c32. The quantitative estimate of drug-likeness (QED) is 0.894. The van der Waals surface area contributed by atoms with Gasteiger partial charge >= 0.3 is 0 Å². The number of pyridine rings is 1. The normalized spacial score (nSPS) is 21.3. The molecule has 2 aromatic rings. The van der Waals surface area contributed by atoms with Crippen LogP contribution in [0.15, 0.2) is 12.4 Å². The molecule has 0 radical (unpaired) electrons. The van der Waals surface area contributed by atoms with Crippen molar-refractivity contribution in [3.8, 4) is 0 Å². The van der Waals surface area contributed by atoms with Gasteiger partial charge in [0.15, 0.2) is 0 Å². The van der Waals surface area contributed by atoms with Crippen LogP contribution in [0.1, 0.15) is 47.8 Å². The van der Waals surface area contributed by atoms with E-state index >= 15 is 0 Å². The van der Waals surface area contributed by atoms with Gasteiger partial charge in [0, 0.05) is 44.2 Å². The van der Waals surface area contributed by atoms with Gasteiger partial charge in [-0.1, -0.05) is 0 Å². The van der Waals surface area contributed by atoms with Crippen LogP contribution >= 0.6 is 0 Å². The molecule has 2 amide bonds. The maximum Gasteiger partial charge on any atom is 0.255 e. The Morgan fingerprint density at radius 3 is 2.68 bits per heavy atom. The van der Waals surface area contributed by atoms with Crippen molar-refractivity contribution in [3.05, 3.63) is 23.8 Å². The molecule has 1 saturated carbocycles. The Kier molecular flexibility index (Phi) is 3.29. The fourth-order valence-corrected chi connectivity index (χ4v) is 4.13. The number of nitrogens with zero attached hydrogens (tertiary/aromatic N) is 4. The molecule has 2 fully saturated rings. The Labute approximate surface area is 145 Å². The molecule has 2 aliphatic heterocycles. The average Bonchev–Trinajstić information content (AvgIpc) is 3.44. The number of rotatable bonds is 2. The number of hydrogen-bond acceptors (Lipinski definition) is 4. The van der Waals surface area contributed by atoms with Crippen LogP contribution in [0.5, 0.6) is 0 Å². The number of hydrogen-bond donors (Lipinski definition) is 1. The molecule has 4 heterocycles. The molecular formula is C18H21N5O2. The summed E-state index contributed by atoms with van der Waals surface area (Å²) < 4.78 is 2.19. The third-order valence-electron chi connectivity index (χ3n) is 5.64. The maximum absolute atomic E-state index is 12.3. The summed E-state index contributed by atoms with van der Waals surface area (Å²) in [6.45, 7) is 2.96. The molecule has 0 unspecified atom stereocenters. The van der Waals surface area contributed by atoms with E-state index in [-0.39, 0.29) is 5.91 Å². The van der Waals surface area contributed by atoms with E-state index in [0.29, 0.717) is 29.9 Å². The van der Waals surface area contributed by atoms with E-state index in [9.17, 15) is 9.59 Å². The molecule has 3 aliphatic rings. The summed E-state index contributed by atoms with van der Waals surface area (Å²) in [4.78, 5) is 35.5. The third kappa shape index (κ3) is 2.41. The minimum Gasteiger partial charge on any atom is -0.350 e. The fourth-order valence-electron chi connectivity index (χ4n) is 4.13. The van der Waals surface area contributed by atoms with Crippen molar-refractivity contribution < 1.29 is 9.59 Å². The van der Waals surface area contributed by atoms with E-state index in [0.717, 1.165) is 62.2 Å². The number of nitrogens with one attached hydrogen (secondary N) is 1. The van der Waals surface area contributed by atoms with Gasteiger partial charge in [0.05, 0.1) is 17.3 Å². The monoisotopic (exact) mass is 339 g/mol. The molecule has 7 heteroatoms. The van der Waals surface area contributed by atoms with Crippen LogP contribution in [0.4, 0.5) is 0 Å². The van der Waals surface area contributed by atoms with Gasteiger partial charge in [-0.15, -0.1) is 0 Å². The van der Waals surface area contributed by atoms with Crippen molar-refractivity contribution in [2.75, 3.05) is 19.6 Å². The number of carbonyl (C=O) groups excluding carboxylic acids is 2. The lowest BCUT2D eigenvalue weighted by molar-refractivity contribution is -0.133. The van der Waals surface area contributed by atoms with Crippen molar-refractivity contribution >= 4 is 22.8 Å². The van der Waals surface area contributed by atoms with E-state index in [1.54, 1.807) is 12.4 Å². The van der Waals surface area contributed by atoms with Gasteiger partial charge < -0.3 is 14.8 Å². The maximum atomic E-state index is 12.3. The van der Waals surface area contributed by atoms with Crippen molar-refractivity contribution in [1.29, 1.82) is 0 Å². The highest BCUT2D eigenvalue weighted by molar-refractivity contribution is 6.05. The van der Waals surface area contributed by atoms with Gasteiger partial charge in [-0.25, -0.2) is 4.98 Å². The number of carbonyl (C=O) groups is 2. The van der Waals surface area contributed by atoms with Crippen LogP contribution in [-0.4, -0.2) is 50.9 Å². The zero-order valence-electron chi connectivity index (χ0n) is 14.1. The van der Waals surface area contributed by atoms with Crippen molar-refractivity contribution in [3.63, 3.8) is 0 Å². The van der Waals surface area contributed by atoms with Crippen LogP contribution in [0.2, 0.25) is 0 Å². The van der Waals surface area contributed by atoms with Crippen LogP contribution in [0.3, 0.4) is 0 Å². The summed E-state index contributed by atoms with van der Waals surface area (Å²) in [5.74, 6) is 1.93. The molecule has 2 aromatic heterocycles. The standard InChI is InChI=1S/C18H21N5O2/c24-17-13-9-19-10-14-15(13)23(8-5-20-17)16(21-14)11-3-6-22(7-4-11)18(25)12-1-2-12/h9-12H,1-8H2,(H,20,24). The molecule has 0 aromatic carbocycles. The van der Waals surface area contributed by atoms with Gasteiger partial charge in [0.1, 0.15) is 11.3 Å². The van der Waals surface area contributed by atoms with E-state index in [1.807, 2.05) is 4.90 Å². The zero-order chi connectivity index (χ0) is 17.0. The molecule has 0 spiro atoms. The molecule has 130 valence electrons. The van der Waals surface area contributed by atoms with E-state index in [4.69, 9.17) is 4.98 Å². The lowest BCUT2D eigenvalue weighted by atomic mass is 9.95. The van der Waals surface area contributed by atoms with Crippen LogP contribution < -0.4 is 5.32 Å². The first kappa shape index (κ1) is 14.9. The molecule has 1 saturated heterocycles. The number of imidazole rings is 1. The predicted molar refractivity (Wildman–Crippen MR) is 91.1 cm³/mol. The van der Waals surface area contributed by atoms with Crippen LogP contribution in [0, 0.1) is 5.92 Å². The van der Waals surface area contributed by atoms with Gasteiger partial charge in [0.25, 0.3) is 5.91 Å². The zero-order valence-corrected chi connectivity index (χ0v) is 14.1. The van der Waals surface area contributed by atoms with E-state index < -0.39 is 0 Å². The second-order valence-electron chi connectivity index (χ2n) is 7.31. The molecule has 25 heavy (non-hydrogen) atoms. The molecule has 7 nitrogen and oxygen atoms in total. The largest absolute Gasteiger partial charge is 0.350 e.